The van der Waals surface area contributed by atoms with Crippen LogP contribution < -0.4 is 5.32 Å². The highest BCUT2D eigenvalue weighted by molar-refractivity contribution is 5.72. The molecule has 2 aliphatic rings. The van der Waals surface area contributed by atoms with Crippen molar-refractivity contribution in [3.05, 3.63) is 60.1 Å². The van der Waals surface area contributed by atoms with Gasteiger partial charge in [0.15, 0.2) is 0 Å². The lowest BCUT2D eigenvalue weighted by Gasteiger charge is -2.47. The van der Waals surface area contributed by atoms with Crippen LogP contribution in [0.3, 0.4) is 0 Å². The van der Waals surface area contributed by atoms with Gasteiger partial charge in [-0.25, -0.2) is 4.39 Å². The molecule has 4 heteroatoms. The number of nitrogens with one attached hydrogen (secondary N) is 1. The average Bonchev–Trinajstić information content (AvgIpc) is 3.15. The first kappa shape index (κ1) is 21.9. The van der Waals surface area contributed by atoms with Crippen molar-refractivity contribution in [2.45, 2.75) is 63.9 Å². The lowest BCUT2D eigenvalue weighted by atomic mass is 9.68. The highest BCUT2D eigenvalue weighted by atomic mass is 19.1. The van der Waals surface area contributed by atoms with E-state index in [9.17, 15) is 4.39 Å². The Morgan fingerprint density at radius 3 is 2.86 bits per heavy atom. The summed E-state index contributed by atoms with van der Waals surface area (Å²) in [6.45, 7) is 8.91. The number of nitrogens with zero attached hydrogens (tertiary/aromatic N) is 1. The number of aliphatic imine (C=N–C) groups is 1. The normalized spacial score (nSPS) is 24.1. The minimum absolute atomic E-state index is 0.00741. The van der Waals surface area contributed by atoms with Crippen molar-refractivity contribution < 1.29 is 9.13 Å². The molecule has 0 unspecified atom stereocenters. The van der Waals surface area contributed by atoms with Crippen molar-refractivity contribution in [2.75, 3.05) is 19.7 Å². The molecule has 0 radical (unpaired) electrons. The van der Waals surface area contributed by atoms with Crippen LogP contribution in [-0.4, -0.2) is 31.5 Å². The molecule has 1 aliphatic carbocycles. The molecule has 1 heterocycles. The molecule has 1 aromatic rings. The van der Waals surface area contributed by atoms with E-state index in [0.717, 1.165) is 69.5 Å². The second-order valence-electron chi connectivity index (χ2n) is 8.58. The fourth-order valence-corrected chi connectivity index (χ4v) is 4.90. The zero-order valence-electron chi connectivity index (χ0n) is 17.8. The first-order valence-corrected chi connectivity index (χ1v) is 11.0. The Bertz CT molecular complexity index is 736. The molecule has 1 saturated carbocycles. The number of hydrogen-bond acceptors (Lipinski definition) is 3. The van der Waals surface area contributed by atoms with E-state index >= 15 is 0 Å². The Morgan fingerprint density at radius 2 is 2.10 bits per heavy atom. The van der Waals surface area contributed by atoms with Crippen LogP contribution in [0.4, 0.5) is 4.39 Å². The highest BCUT2D eigenvalue weighted by Crippen LogP contribution is 2.52. The molecular weight excluding hydrogens is 363 g/mol. The van der Waals surface area contributed by atoms with E-state index in [0.29, 0.717) is 0 Å². The van der Waals surface area contributed by atoms with Crippen LogP contribution in [0.15, 0.2) is 53.7 Å². The maximum absolute atomic E-state index is 13.3. The monoisotopic (exact) mass is 398 g/mol. The molecular formula is C25H35FN2O. The van der Waals surface area contributed by atoms with Crippen LogP contribution in [-0.2, 0) is 11.2 Å². The largest absolute Gasteiger partial charge is 0.375 e. The molecule has 0 amide bonds. The summed E-state index contributed by atoms with van der Waals surface area (Å²) in [5, 5.41) is 3.56. The molecule has 0 aromatic heterocycles. The number of hydrogen-bond donors (Lipinski definition) is 1. The Hall–Kier alpha value is -1.78. The van der Waals surface area contributed by atoms with Crippen molar-refractivity contribution in [3.63, 3.8) is 0 Å². The van der Waals surface area contributed by atoms with Gasteiger partial charge in [-0.2, -0.15) is 0 Å². The van der Waals surface area contributed by atoms with E-state index in [1.165, 1.54) is 18.9 Å². The summed E-state index contributed by atoms with van der Waals surface area (Å²) in [4.78, 5) is 4.69. The number of allylic oxidation sites excluding steroid dienone is 3. The number of rotatable bonds is 9. The first-order chi connectivity index (χ1) is 14.1. The fraction of sp³-hybridized carbons (Fsp3) is 0.560. The summed E-state index contributed by atoms with van der Waals surface area (Å²) in [7, 11) is 0. The van der Waals surface area contributed by atoms with Gasteiger partial charge in [0, 0.05) is 23.9 Å². The third-order valence-corrected chi connectivity index (χ3v) is 6.55. The predicted octanol–water partition coefficient (Wildman–Crippen LogP) is 5.62. The van der Waals surface area contributed by atoms with Crippen molar-refractivity contribution in [3.8, 4) is 0 Å². The highest BCUT2D eigenvalue weighted by Gasteiger charge is 2.48. The van der Waals surface area contributed by atoms with Crippen LogP contribution in [0.25, 0.3) is 0 Å². The predicted molar refractivity (Wildman–Crippen MR) is 119 cm³/mol. The quantitative estimate of drug-likeness (QED) is 0.433. The topological polar surface area (TPSA) is 33.6 Å². The molecule has 1 aromatic carbocycles. The van der Waals surface area contributed by atoms with Gasteiger partial charge < -0.3 is 10.1 Å². The molecule has 2 fully saturated rings. The molecule has 29 heavy (non-hydrogen) atoms. The number of halogens is 1. The van der Waals surface area contributed by atoms with Crippen molar-refractivity contribution in [1.82, 2.24) is 5.32 Å². The van der Waals surface area contributed by atoms with Gasteiger partial charge in [-0.3, -0.25) is 4.99 Å². The average molecular weight is 399 g/mol. The smallest absolute Gasteiger partial charge is 0.123 e. The molecule has 1 aliphatic heterocycles. The molecule has 1 N–H and O–H groups in total. The SMILES string of the molecule is C=C(N=C/C=C\C)[C@]1(CCNCCc2cccc(F)c2)CCOC2(CCCC2)C1. The van der Waals surface area contributed by atoms with Crippen LogP contribution in [0.5, 0.6) is 0 Å². The van der Waals surface area contributed by atoms with Gasteiger partial charge in [0.25, 0.3) is 0 Å². The summed E-state index contributed by atoms with van der Waals surface area (Å²) in [5.74, 6) is -0.166. The van der Waals surface area contributed by atoms with E-state index in [1.807, 2.05) is 31.4 Å². The third kappa shape index (κ3) is 5.86. The van der Waals surface area contributed by atoms with Crippen molar-refractivity contribution >= 4 is 6.21 Å². The second-order valence-corrected chi connectivity index (χ2v) is 8.58. The second kappa shape index (κ2) is 10.3. The summed E-state index contributed by atoms with van der Waals surface area (Å²) < 4.78 is 19.6. The summed E-state index contributed by atoms with van der Waals surface area (Å²) >= 11 is 0. The Kier molecular flexibility index (Phi) is 7.79. The third-order valence-electron chi connectivity index (χ3n) is 6.55. The van der Waals surface area contributed by atoms with Gasteiger partial charge in [-0.1, -0.05) is 37.6 Å². The van der Waals surface area contributed by atoms with E-state index < -0.39 is 0 Å². The van der Waals surface area contributed by atoms with E-state index in [4.69, 9.17) is 4.74 Å². The Balaban J connectivity index is 1.60. The van der Waals surface area contributed by atoms with Gasteiger partial charge in [0.2, 0.25) is 0 Å². The standard InChI is InChI=1S/C25H35FN2O/c1-3-4-15-28-21(2)24(14-18-29-25(20-24)11-5-6-12-25)13-17-27-16-10-22-8-7-9-23(26)19-22/h3-4,7-9,15,19,27H,2,5-6,10-14,16-18,20H2,1H3/b4-3-,28-15?/t24-/m1/s1. The van der Waals surface area contributed by atoms with E-state index in [1.54, 1.807) is 12.1 Å². The fourth-order valence-electron chi connectivity index (χ4n) is 4.90. The molecule has 3 nitrogen and oxygen atoms in total. The zero-order valence-corrected chi connectivity index (χ0v) is 17.8. The molecule has 1 saturated heterocycles. The van der Waals surface area contributed by atoms with Crippen LogP contribution >= 0.6 is 0 Å². The maximum atomic E-state index is 13.3. The van der Waals surface area contributed by atoms with Gasteiger partial charge in [0.1, 0.15) is 5.82 Å². The Morgan fingerprint density at radius 1 is 1.28 bits per heavy atom. The zero-order chi connectivity index (χ0) is 20.6. The van der Waals surface area contributed by atoms with E-state index in [2.05, 4.69) is 16.9 Å². The van der Waals surface area contributed by atoms with Crippen LogP contribution in [0, 0.1) is 11.2 Å². The minimum Gasteiger partial charge on any atom is -0.375 e. The van der Waals surface area contributed by atoms with E-state index in [-0.39, 0.29) is 16.8 Å². The van der Waals surface area contributed by atoms with Gasteiger partial charge in [-0.15, -0.1) is 0 Å². The summed E-state index contributed by atoms with van der Waals surface area (Å²) in [5.41, 5.74) is 2.03. The lowest BCUT2D eigenvalue weighted by Crippen LogP contribution is -2.45. The van der Waals surface area contributed by atoms with Crippen molar-refractivity contribution in [1.29, 1.82) is 0 Å². The van der Waals surface area contributed by atoms with Gasteiger partial charge in [0.05, 0.1) is 5.60 Å². The number of ether oxygens (including phenoxy) is 1. The lowest BCUT2D eigenvalue weighted by molar-refractivity contribution is -0.115. The molecule has 1 spiro atoms. The molecule has 1 atom stereocenters. The maximum Gasteiger partial charge on any atom is 0.123 e. The van der Waals surface area contributed by atoms with Crippen LogP contribution in [0.2, 0.25) is 0 Å². The Labute approximate surface area is 175 Å². The van der Waals surface area contributed by atoms with Gasteiger partial charge >= 0.3 is 0 Å². The molecule has 158 valence electrons. The van der Waals surface area contributed by atoms with Gasteiger partial charge in [-0.05, 0) is 82.3 Å². The van der Waals surface area contributed by atoms with Crippen LogP contribution in [0.1, 0.15) is 57.4 Å². The number of benzene rings is 1. The summed E-state index contributed by atoms with van der Waals surface area (Å²) in [6.07, 6.45) is 14.5. The van der Waals surface area contributed by atoms with Crippen molar-refractivity contribution in [2.24, 2.45) is 10.4 Å². The molecule has 3 rings (SSSR count). The summed E-state index contributed by atoms with van der Waals surface area (Å²) in [6, 6.07) is 6.86. The minimum atomic E-state index is -0.166. The molecule has 0 bridgehead atoms. The first-order valence-electron chi connectivity index (χ1n) is 11.0.